The van der Waals surface area contributed by atoms with Crippen molar-refractivity contribution in [1.82, 2.24) is 4.90 Å². The Balaban J connectivity index is 1.81. The lowest BCUT2D eigenvalue weighted by Gasteiger charge is -2.32. The molecule has 0 aromatic heterocycles. The van der Waals surface area contributed by atoms with Gasteiger partial charge in [0, 0.05) is 19.5 Å². The van der Waals surface area contributed by atoms with E-state index in [1.54, 1.807) is 4.90 Å². The number of carboxylic acids is 1. The number of para-hydroxylation sites is 1. The summed E-state index contributed by atoms with van der Waals surface area (Å²) in [5.74, 6) is 0.220. The van der Waals surface area contributed by atoms with Gasteiger partial charge < -0.3 is 14.7 Å². The van der Waals surface area contributed by atoms with Gasteiger partial charge in [0.15, 0.2) is 6.61 Å². The van der Waals surface area contributed by atoms with Crippen LogP contribution in [-0.4, -0.2) is 41.6 Å². The predicted molar refractivity (Wildman–Crippen MR) is 82.8 cm³/mol. The zero-order valence-electron chi connectivity index (χ0n) is 13.0. The Bertz CT molecular complexity index is 529. The first-order valence-corrected chi connectivity index (χ1v) is 7.74. The van der Waals surface area contributed by atoms with Crippen molar-refractivity contribution in [3.8, 4) is 5.75 Å². The molecule has 22 heavy (non-hydrogen) atoms. The fourth-order valence-electron chi connectivity index (χ4n) is 2.80. The van der Waals surface area contributed by atoms with Crippen molar-refractivity contribution >= 4 is 11.9 Å². The third-order valence-corrected chi connectivity index (χ3v) is 4.08. The Morgan fingerprint density at radius 3 is 2.86 bits per heavy atom. The molecule has 0 aliphatic carbocycles. The van der Waals surface area contributed by atoms with E-state index < -0.39 is 5.97 Å². The molecular weight excluding hydrogens is 282 g/mol. The Labute approximate surface area is 130 Å². The van der Waals surface area contributed by atoms with E-state index in [9.17, 15) is 9.59 Å². The number of piperidine rings is 1. The van der Waals surface area contributed by atoms with E-state index in [2.05, 4.69) is 0 Å². The zero-order chi connectivity index (χ0) is 15.9. The molecule has 0 radical (unpaired) electrons. The topological polar surface area (TPSA) is 66.8 Å². The molecule has 1 saturated heterocycles. The molecule has 1 amide bonds. The second-order valence-corrected chi connectivity index (χ2v) is 5.83. The average molecular weight is 305 g/mol. The summed E-state index contributed by atoms with van der Waals surface area (Å²) in [5.41, 5.74) is 1.01. The van der Waals surface area contributed by atoms with Gasteiger partial charge >= 0.3 is 5.97 Å². The highest BCUT2D eigenvalue weighted by molar-refractivity contribution is 5.78. The minimum atomic E-state index is -0.772. The van der Waals surface area contributed by atoms with Gasteiger partial charge in [-0.25, -0.2) is 0 Å². The first kappa shape index (κ1) is 16.3. The van der Waals surface area contributed by atoms with E-state index in [-0.39, 0.29) is 24.9 Å². The number of rotatable bonds is 6. The highest BCUT2D eigenvalue weighted by atomic mass is 16.5. The number of aryl methyl sites for hydroxylation is 1. The van der Waals surface area contributed by atoms with Crippen LogP contribution >= 0.6 is 0 Å². The van der Waals surface area contributed by atoms with E-state index in [0.29, 0.717) is 13.0 Å². The van der Waals surface area contributed by atoms with Gasteiger partial charge in [-0.1, -0.05) is 18.2 Å². The summed E-state index contributed by atoms with van der Waals surface area (Å²) in [4.78, 5) is 24.7. The van der Waals surface area contributed by atoms with Crippen LogP contribution in [0.1, 0.15) is 31.2 Å². The Kier molecular flexibility index (Phi) is 5.81. The fraction of sp³-hybridized carbons (Fsp3) is 0.529. The molecule has 120 valence electrons. The molecule has 1 fully saturated rings. The molecule has 1 unspecified atom stereocenters. The van der Waals surface area contributed by atoms with E-state index in [4.69, 9.17) is 9.84 Å². The maximum absolute atomic E-state index is 12.3. The number of hydrogen-bond donors (Lipinski definition) is 1. The molecule has 1 aliphatic rings. The van der Waals surface area contributed by atoms with Gasteiger partial charge in [0.25, 0.3) is 5.91 Å². The average Bonchev–Trinajstić information content (AvgIpc) is 2.52. The van der Waals surface area contributed by atoms with Crippen molar-refractivity contribution in [2.75, 3.05) is 19.7 Å². The summed E-state index contributed by atoms with van der Waals surface area (Å²) >= 11 is 0. The van der Waals surface area contributed by atoms with Crippen LogP contribution < -0.4 is 4.74 Å². The molecule has 0 bridgehead atoms. The first-order valence-electron chi connectivity index (χ1n) is 7.74. The van der Waals surface area contributed by atoms with Gasteiger partial charge in [0.05, 0.1) is 0 Å². The number of likely N-dealkylation sites (tertiary alicyclic amines) is 1. The molecule has 5 heteroatoms. The molecule has 1 aromatic carbocycles. The van der Waals surface area contributed by atoms with Crippen molar-refractivity contribution in [2.45, 2.75) is 32.6 Å². The third-order valence-electron chi connectivity index (χ3n) is 4.08. The minimum absolute atomic E-state index is 0.0247. The van der Waals surface area contributed by atoms with Gasteiger partial charge in [-0.3, -0.25) is 9.59 Å². The van der Waals surface area contributed by atoms with Crippen LogP contribution in [0.3, 0.4) is 0 Å². The van der Waals surface area contributed by atoms with E-state index in [1.165, 1.54) is 0 Å². The van der Waals surface area contributed by atoms with Crippen LogP contribution in [0.25, 0.3) is 0 Å². The quantitative estimate of drug-likeness (QED) is 0.877. The lowest BCUT2D eigenvalue weighted by molar-refractivity contribution is -0.137. The lowest BCUT2D eigenvalue weighted by atomic mass is 9.93. The van der Waals surface area contributed by atoms with Crippen molar-refractivity contribution in [3.63, 3.8) is 0 Å². The number of benzene rings is 1. The van der Waals surface area contributed by atoms with Gasteiger partial charge in [-0.2, -0.15) is 0 Å². The Morgan fingerprint density at radius 2 is 2.14 bits per heavy atom. The van der Waals surface area contributed by atoms with Crippen LogP contribution in [-0.2, 0) is 9.59 Å². The molecular formula is C17H23NO4. The van der Waals surface area contributed by atoms with Crippen LogP contribution in [0.2, 0.25) is 0 Å². The maximum Gasteiger partial charge on any atom is 0.303 e. The second kappa shape index (κ2) is 7.82. The van der Waals surface area contributed by atoms with Crippen molar-refractivity contribution in [3.05, 3.63) is 29.8 Å². The SMILES string of the molecule is Cc1ccccc1OCC(=O)N1CCCC(CCC(=O)O)C1. The standard InChI is InChI=1S/C17H23NO4/c1-13-5-2-3-7-15(13)22-12-16(19)18-10-4-6-14(11-18)8-9-17(20)21/h2-3,5,7,14H,4,6,8-12H2,1H3,(H,20,21). The van der Waals surface area contributed by atoms with Gasteiger partial charge in [-0.15, -0.1) is 0 Å². The van der Waals surface area contributed by atoms with Gasteiger partial charge in [-0.05, 0) is 43.7 Å². The molecule has 1 heterocycles. The van der Waals surface area contributed by atoms with E-state index in [0.717, 1.165) is 30.7 Å². The molecule has 1 aliphatic heterocycles. The summed E-state index contributed by atoms with van der Waals surface area (Å²) in [6.45, 7) is 3.36. The van der Waals surface area contributed by atoms with E-state index in [1.807, 2.05) is 31.2 Å². The Morgan fingerprint density at radius 1 is 1.36 bits per heavy atom. The van der Waals surface area contributed by atoms with Crippen molar-refractivity contribution in [2.24, 2.45) is 5.92 Å². The monoisotopic (exact) mass is 305 g/mol. The van der Waals surface area contributed by atoms with Crippen molar-refractivity contribution in [1.29, 1.82) is 0 Å². The normalized spacial score (nSPS) is 18.0. The van der Waals surface area contributed by atoms with Crippen LogP contribution in [0.4, 0.5) is 0 Å². The molecule has 0 spiro atoms. The summed E-state index contributed by atoms with van der Waals surface area (Å²) < 4.78 is 5.60. The zero-order valence-corrected chi connectivity index (χ0v) is 13.0. The van der Waals surface area contributed by atoms with Crippen molar-refractivity contribution < 1.29 is 19.4 Å². The molecule has 1 aromatic rings. The molecule has 1 atom stereocenters. The highest BCUT2D eigenvalue weighted by Gasteiger charge is 2.24. The molecule has 5 nitrogen and oxygen atoms in total. The summed E-state index contributed by atoms with van der Waals surface area (Å²) in [6, 6.07) is 7.62. The number of carbonyl (C=O) groups is 2. The number of carboxylic acid groups (broad SMARTS) is 1. The van der Waals surface area contributed by atoms with Crippen LogP contribution in [0, 0.1) is 12.8 Å². The summed E-state index contributed by atoms with van der Waals surface area (Å²) in [5, 5.41) is 8.75. The third kappa shape index (κ3) is 4.76. The van der Waals surface area contributed by atoms with Gasteiger partial charge in [0.2, 0.25) is 0 Å². The predicted octanol–water partition coefficient (Wildman–Crippen LogP) is 2.48. The maximum atomic E-state index is 12.3. The van der Waals surface area contributed by atoms with E-state index >= 15 is 0 Å². The number of carbonyl (C=O) groups excluding carboxylic acids is 1. The highest BCUT2D eigenvalue weighted by Crippen LogP contribution is 2.21. The number of nitrogens with zero attached hydrogens (tertiary/aromatic N) is 1. The number of amides is 1. The largest absolute Gasteiger partial charge is 0.484 e. The smallest absolute Gasteiger partial charge is 0.303 e. The van der Waals surface area contributed by atoms with Crippen LogP contribution in [0.15, 0.2) is 24.3 Å². The number of ether oxygens (including phenoxy) is 1. The van der Waals surface area contributed by atoms with Crippen LogP contribution in [0.5, 0.6) is 5.75 Å². The summed E-state index contributed by atoms with van der Waals surface area (Å²) in [7, 11) is 0. The molecule has 1 N–H and O–H groups in total. The summed E-state index contributed by atoms with van der Waals surface area (Å²) in [6.07, 6.45) is 2.74. The number of hydrogen-bond acceptors (Lipinski definition) is 3. The Hall–Kier alpha value is -2.04. The first-order chi connectivity index (χ1) is 10.6. The molecule has 2 rings (SSSR count). The lowest BCUT2D eigenvalue weighted by Crippen LogP contribution is -2.42. The fourth-order valence-corrected chi connectivity index (χ4v) is 2.80. The second-order valence-electron chi connectivity index (χ2n) is 5.83. The van der Waals surface area contributed by atoms with Gasteiger partial charge in [0.1, 0.15) is 5.75 Å². The number of aliphatic carboxylic acids is 1. The molecule has 0 saturated carbocycles. The minimum Gasteiger partial charge on any atom is -0.484 e.